The van der Waals surface area contributed by atoms with Crippen molar-refractivity contribution < 1.29 is 4.74 Å². The molecule has 0 bridgehead atoms. The second kappa shape index (κ2) is 10.6. The van der Waals surface area contributed by atoms with Crippen LogP contribution >= 0.6 is 0 Å². The van der Waals surface area contributed by atoms with Crippen LogP contribution in [0.15, 0.2) is 0 Å². The van der Waals surface area contributed by atoms with Crippen LogP contribution in [0.3, 0.4) is 0 Å². The lowest BCUT2D eigenvalue weighted by atomic mass is 9.98. The Morgan fingerprint density at radius 1 is 1.20 bits per heavy atom. The Morgan fingerprint density at radius 3 is 2.60 bits per heavy atom. The molecule has 0 aromatic carbocycles. The van der Waals surface area contributed by atoms with Crippen LogP contribution in [0.25, 0.3) is 0 Å². The second-order valence-corrected chi connectivity index (χ2v) is 6.25. The molecule has 1 N–H and O–H groups in total. The highest BCUT2D eigenvalue weighted by molar-refractivity contribution is 4.88. The predicted molar refractivity (Wildman–Crippen MR) is 87.3 cm³/mol. The molecule has 0 saturated heterocycles. The van der Waals surface area contributed by atoms with Gasteiger partial charge in [-0.3, -0.25) is 4.90 Å². The van der Waals surface area contributed by atoms with Crippen LogP contribution in [0.1, 0.15) is 65.7 Å². The van der Waals surface area contributed by atoms with Crippen LogP contribution in [0.2, 0.25) is 0 Å². The summed E-state index contributed by atoms with van der Waals surface area (Å²) in [5.41, 5.74) is 0. The van der Waals surface area contributed by atoms with E-state index < -0.39 is 0 Å². The Kier molecular flexibility index (Phi) is 9.49. The van der Waals surface area contributed by atoms with Crippen molar-refractivity contribution in [2.75, 3.05) is 26.8 Å². The first-order valence-electron chi connectivity index (χ1n) is 8.72. The number of rotatable bonds is 9. The van der Waals surface area contributed by atoms with Gasteiger partial charge < -0.3 is 10.1 Å². The van der Waals surface area contributed by atoms with Crippen LogP contribution in [-0.2, 0) is 4.74 Å². The van der Waals surface area contributed by atoms with Crippen LogP contribution in [0.5, 0.6) is 0 Å². The monoisotopic (exact) mass is 284 g/mol. The zero-order valence-corrected chi connectivity index (χ0v) is 14.2. The molecule has 3 nitrogen and oxygen atoms in total. The quantitative estimate of drug-likeness (QED) is 0.657. The minimum atomic E-state index is 0.652. The molecule has 1 saturated carbocycles. The van der Waals surface area contributed by atoms with E-state index in [1.807, 2.05) is 7.11 Å². The normalized spacial score (nSPS) is 25.6. The summed E-state index contributed by atoms with van der Waals surface area (Å²) in [7, 11) is 1.81. The zero-order valence-electron chi connectivity index (χ0n) is 14.2. The Balaban J connectivity index is 2.73. The fraction of sp³-hybridized carbons (Fsp3) is 1.00. The van der Waals surface area contributed by atoms with E-state index in [9.17, 15) is 0 Å². The summed E-state index contributed by atoms with van der Waals surface area (Å²) in [5.74, 6) is 0. The third-order valence-corrected chi connectivity index (χ3v) is 4.77. The van der Waals surface area contributed by atoms with Crippen molar-refractivity contribution in [1.82, 2.24) is 10.2 Å². The topological polar surface area (TPSA) is 24.5 Å². The van der Waals surface area contributed by atoms with Crippen molar-refractivity contribution >= 4 is 0 Å². The molecular formula is C17H36N2O. The van der Waals surface area contributed by atoms with Crippen molar-refractivity contribution in [3.05, 3.63) is 0 Å². The largest absolute Gasteiger partial charge is 0.383 e. The fourth-order valence-corrected chi connectivity index (χ4v) is 3.40. The lowest BCUT2D eigenvalue weighted by molar-refractivity contribution is 0.0668. The molecule has 3 atom stereocenters. The molecule has 1 aliphatic carbocycles. The van der Waals surface area contributed by atoms with Gasteiger partial charge in [0.25, 0.3) is 0 Å². The highest BCUT2D eigenvalue weighted by Gasteiger charge is 2.30. The first kappa shape index (κ1) is 17.9. The lowest BCUT2D eigenvalue weighted by Crippen LogP contribution is -2.53. The number of hydrogen-bond donors (Lipinski definition) is 1. The highest BCUT2D eigenvalue weighted by atomic mass is 16.5. The smallest absolute Gasteiger partial charge is 0.0589 e. The first-order chi connectivity index (χ1) is 9.74. The zero-order chi connectivity index (χ0) is 14.8. The van der Waals surface area contributed by atoms with Crippen molar-refractivity contribution in [3.8, 4) is 0 Å². The Hall–Kier alpha value is -0.120. The molecule has 0 heterocycles. The molecule has 20 heavy (non-hydrogen) atoms. The molecule has 3 heteroatoms. The van der Waals surface area contributed by atoms with Gasteiger partial charge in [-0.05, 0) is 39.2 Å². The van der Waals surface area contributed by atoms with Gasteiger partial charge in [-0.1, -0.05) is 33.1 Å². The molecule has 1 fully saturated rings. The Morgan fingerprint density at radius 2 is 1.95 bits per heavy atom. The molecule has 0 aromatic heterocycles. The van der Waals surface area contributed by atoms with E-state index in [1.165, 1.54) is 44.9 Å². The van der Waals surface area contributed by atoms with Crippen LogP contribution in [-0.4, -0.2) is 49.8 Å². The SMILES string of the molecule is CCCNC1CCCCCC1N(CCOC)C(C)CC. The van der Waals surface area contributed by atoms with E-state index in [-0.39, 0.29) is 0 Å². The maximum atomic E-state index is 5.34. The Bertz CT molecular complexity index is 235. The van der Waals surface area contributed by atoms with E-state index in [4.69, 9.17) is 4.74 Å². The number of nitrogens with one attached hydrogen (secondary N) is 1. The van der Waals surface area contributed by atoms with E-state index >= 15 is 0 Å². The van der Waals surface area contributed by atoms with Gasteiger partial charge in [-0.2, -0.15) is 0 Å². The molecule has 0 radical (unpaired) electrons. The van der Waals surface area contributed by atoms with Crippen molar-refractivity contribution in [2.45, 2.75) is 83.8 Å². The average Bonchev–Trinajstić information content (AvgIpc) is 2.70. The predicted octanol–water partition coefficient (Wildman–Crippen LogP) is 3.43. The van der Waals surface area contributed by atoms with E-state index in [1.54, 1.807) is 0 Å². The van der Waals surface area contributed by atoms with Gasteiger partial charge in [0.05, 0.1) is 6.61 Å². The number of hydrogen-bond acceptors (Lipinski definition) is 3. The first-order valence-corrected chi connectivity index (χ1v) is 8.72. The molecule has 1 rings (SSSR count). The molecule has 120 valence electrons. The minimum absolute atomic E-state index is 0.652. The Labute approximate surface area is 126 Å². The molecule has 1 aliphatic rings. The third-order valence-electron chi connectivity index (χ3n) is 4.77. The van der Waals surface area contributed by atoms with Crippen molar-refractivity contribution in [1.29, 1.82) is 0 Å². The molecule has 0 aromatic rings. The van der Waals surface area contributed by atoms with Gasteiger partial charge >= 0.3 is 0 Å². The number of methoxy groups -OCH3 is 1. The van der Waals surface area contributed by atoms with Gasteiger partial charge in [-0.15, -0.1) is 0 Å². The number of ether oxygens (including phenoxy) is 1. The van der Waals surface area contributed by atoms with Crippen molar-refractivity contribution in [2.24, 2.45) is 0 Å². The molecule has 3 unspecified atom stereocenters. The summed E-state index contributed by atoms with van der Waals surface area (Å²) < 4.78 is 5.34. The minimum Gasteiger partial charge on any atom is -0.383 e. The fourth-order valence-electron chi connectivity index (χ4n) is 3.40. The van der Waals surface area contributed by atoms with Crippen LogP contribution < -0.4 is 5.32 Å². The van der Waals surface area contributed by atoms with E-state index in [0.29, 0.717) is 18.1 Å². The summed E-state index contributed by atoms with van der Waals surface area (Å²) in [6, 6.07) is 2.01. The standard InChI is InChI=1S/C17H36N2O/c1-5-12-18-16-10-8-7-9-11-17(16)19(13-14-20-4)15(3)6-2/h15-18H,5-14H2,1-4H3. The van der Waals surface area contributed by atoms with Crippen LogP contribution in [0, 0.1) is 0 Å². The van der Waals surface area contributed by atoms with Crippen molar-refractivity contribution in [3.63, 3.8) is 0 Å². The van der Waals surface area contributed by atoms with Crippen LogP contribution in [0.4, 0.5) is 0 Å². The molecule has 0 spiro atoms. The lowest BCUT2D eigenvalue weighted by Gasteiger charge is -2.40. The highest BCUT2D eigenvalue weighted by Crippen LogP contribution is 2.25. The van der Waals surface area contributed by atoms with E-state index in [2.05, 4.69) is 31.0 Å². The molecule has 0 amide bonds. The summed E-state index contributed by atoms with van der Waals surface area (Å²) >= 11 is 0. The van der Waals surface area contributed by atoms with Gasteiger partial charge in [0, 0.05) is 31.8 Å². The summed E-state index contributed by atoms with van der Waals surface area (Å²) in [4.78, 5) is 2.71. The average molecular weight is 284 g/mol. The molecule has 0 aliphatic heterocycles. The molecular weight excluding hydrogens is 248 g/mol. The van der Waals surface area contributed by atoms with Gasteiger partial charge in [0.15, 0.2) is 0 Å². The third kappa shape index (κ3) is 5.71. The van der Waals surface area contributed by atoms with E-state index in [0.717, 1.165) is 19.7 Å². The second-order valence-electron chi connectivity index (χ2n) is 6.25. The number of nitrogens with zero attached hydrogens (tertiary/aromatic N) is 1. The summed E-state index contributed by atoms with van der Waals surface area (Å²) in [6.07, 6.45) is 9.30. The maximum absolute atomic E-state index is 5.34. The maximum Gasteiger partial charge on any atom is 0.0589 e. The summed E-state index contributed by atoms with van der Waals surface area (Å²) in [5, 5.41) is 3.81. The van der Waals surface area contributed by atoms with Gasteiger partial charge in [0.1, 0.15) is 0 Å². The summed E-state index contributed by atoms with van der Waals surface area (Å²) in [6.45, 7) is 10.0. The van der Waals surface area contributed by atoms with Gasteiger partial charge in [0.2, 0.25) is 0 Å². The van der Waals surface area contributed by atoms with Gasteiger partial charge in [-0.25, -0.2) is 0 Å².